The Morgan fingerprint density at radius 2 is 1.92 bits per heavy atom. The van der Waals surface area contributed by atoms with E-state index in [9.17, 15) is 13.2 Å². The van der Waals surface area contributed by atoms with Crippen molar-refractivity contribution in [3.05, 3.63) is 22.8 Å². The molecule has 8 heteroatoms. The maximum atomic E-state index is 12.6. The Morgan fingerprint density at radius 3 is 2.46 bits per heavy atom. The van der Waals surface area contributed by atoms with E-state index in [2.05, 4.69) is 10.0 Å². The first-order chi connectivity index (χ1) is 11.1. The van der Waals surface area contributed by atoms with Crippen molar-refractivity contribution in [1.29, 1.82) is 0 Å². The fraction of sp³-hybridized carbons (Fsp3) is 0.562. The minimum atomic E-state index is -3.66. The molecule has 7 nitrogen and oxygen atoms in total. The standard InChI is InChI=1S/C16H27N3O4S/c1-10-8-14(23-5)12(3)13(4)16(10)24(21,22)19-9-18-11(2)6-7-15(17)20/h8,11,18-19H,6-7,9H2,1-5H3,(H2,17,20). The average Bonchev–Trinajstić information content (AvgIpc) is 2.48. The zero-order valence-electron chi connectivity index (χ0n) is 14.9. The van der Waals surface area contributed by atoms with Gasteiger partial charge in [0.25, 0.3) is 0 Å². The predicted octanol–water partition coefficient (Wildman–Crippen LogP) is 1.10. The van der Waals surface area contributed by atoms with Crippen molar-refractivity contribution in [2.24, 2.45) is 5.73 Å². The van der Waals surface area contributed by atoms with Crippen LogP contribution in [0.3, 0.4) is 0 Å². The van der Waals surface area contributed by atoms with Gasteiger partial charge in [-0.2, -0.15) is 4.72 Å². The van der Waals surface area contributed by atoms with Crippen molar-refractivity contribution in [3.8, 4) is 5.75 Å². The van der Waals surface area contributed by atoms with E-state index in [0.717, 1.165) is 5.56 Å². The summed E-state index contributed by atoms with van der Waals surface area (Å²) in [5.41, 5.74) is 7.19. The monoisotopic (exact) mass is 357 g/mol. The quantitative estimate of drug-likeness (QED) is 0.573. The van der Waals surface area contributed by atoms with E-state index >= 15 is 0 Å². The van der Waals surface area contributed by atoms with E-state index < -0.39 is 10.0 Å². The lowest BCUT2D eigenvalue weighted by atomic mass is 10.1. The van der Waals surface area contributed by atoms with Crippen molar-refractivity contribution in [2.75, 3.05) is 13.8 Å². The van der Waals surface area contributed by atoms with E-state index in [1.165, 1.54) is 0 Å². The molecule has 24 heavy (non-hydrogen) atoms. The molecule has 0 radical (unpaired) electrons. The maximum absolute atomic E-state index is 12.6. The molecule has 0 saturated heterocycles. The summed E-state index contributed by atoms with van der Waals surface area (Å²) < 4.78 is 33.0. The van der Waals surface area contributed by atoms with Gasteiger partial charge in [-0.15, -0.1) is 0 Å². The molecule has 1 rings (SSSR count). The number of methoxy groups -OCH3 is 1. The van der Waals surface area contributed by atoms with Crippen LogP contribution in [0.15, 0.2) is 11.0 Å². The second-order valence-electron chi connectivity index (χ2n) is 5.91. The number of rotatable bonds is 9. The van der Waals surface area contributed by atoms with Crippen LogP contribution in [-0.2, 0) is 14.8 Å². The molecule has 0 aliphatic carbocycles. The molecule has 0 saturated carbocycles. The van der Waals surface area contributed by atoms with Crippen molar-refractivity contribution in [1.82, 2.24) is 10.0 Å². The van der Waals surface area contributed by atoms with Gasteiger partial charge in [-0.1, -0.05) is 0 Å². The van der Waals surface area contributed by atoms with Crippen LogP contribution in [0, 0.1) is 20.8 Å². The Morgan fingerprint density at radius 1 is 1.29 bits per heavy atom. The zero-order chi connectivity index (χ0) is 18.5. The Labute approximate surface area is 144 Å². The molecule has 0 bridgehead atoms. The third-order valence-corrected chi connectivity index (χ3v) is 5.69. The van der Waals surface area contributed by atoms with Crippen LogP contribution in [0.25, 0.3) is 0 Å². The van der Waals surface area contributed by atoms with Gasteiger partial charge < -0.3 is 15.8 Å². The summed E-state index contributed by atoms with van der Waals surface area (Å²) in [6.45, 7) is 7.28. The highest BCUT2D eigenvalue weighted by molar-refractivity contribution is 7.89. The predicted molar refractivity (Wildman–Crippen MR) is 93.4 cm³/mol. The molecular formula is C16H27N3O4S. The van der Waals surface area contributed by atoms with E-state index in [-0.39, 0.29) is 29.9 Å². The van der Waals surface area contributed by atoms with Gasteiger partial charge in [0.2, 0.25) is 15.9 Å². The molecule has 1 amide bonds. The molecule has 0 fully saturated rings. The van der Waals surface area contributed by atoms with Crippen molar-refractivity contribution >= 4 is 15.9 Å². The van der Waals surface area contributed by atoms with E-state index in [0.29, 0.717) is 23.3 Å². The Kier molecular flexibility index (Phi) is 7.19. The van der Waals surface area contributed by atoms with Gasteiger partial charge >= 0.3 is 0 Å². The number of carbonyl (C=O) groups excluding carboxylic acids is 1. The molecule has 0 aromatic heterocycles. The number of nitrogens with two attached hydrogens (primary N) is 1. The van der Waals surface area contributed by atoms with Crippen molar-refractivity contribution in [3.63, 3.8) is 0 Å². The highest BCUT2D eigenvalue weighted by Gasteiger charge is 2.22. The summed E-state index contributed by atoms with van der Waals surface area (Å²) in [5, 5.41) is 3.02. The highest BCUT2D eigenvalue weighted by atomic mass is 32.2. The summed E-state index contributed by atoms with van der Waals surface area (Å²) in [5.74, 6) is 0.298. The maximum Gasteiger partial charge on any atom is 0.242 e. The lowest BCUT2D eigenvalue weighted by Crippen LogP contribution is -2.39. The van der Waals surface area contributed by atoms with Crippen LogP contribution >= 0.6 is 0 Å². The molecular weight excluding hydrogens is 330 g/mol. The van der Waals surface area contributed by atoms with Gasteiger partial charge in [0, 0.05) is 12.5 Å². The number of primary amides is 1. The number of amides is 1. The number of carbonyl (C=O) groups is 1. The number of sulfonamides is 1. The number of nitrogens with one attached hydrogen (secondary N) is 2. The first-order valence-electron chi connectivity index (χ1n) is 7.76. The van der Waals surface area contributed by atoms with Gasteiger partial charge in [-0.25, -0.2) is 8.42 Å². The van der Waals surface area contributed by atoms with Gasteiger partial charge in [0.05, 0.1) is 18.7 Å². The highest BCUT2D eigenvalue weighted by Crippen LogP contribution is 2.30. The number of ether oxygens (including phenoxy) is 1. The zero-order valence-corrected chi connectivity index (χ0v) is 15.7. The van der Waals surface area contributed by atoms with Gasteiger partial charge in [0.1, 0.15) is 5.75 Å². The minimum Gasteiger partial charge on any atom is -0.496 e. The summed E-state index contributed by atoms with van der Waals surface area (Å²) in [4.78, 5) is 11.0. The molecule has 1 aromatic carbocycles. The lowest BCUT2D eigenvalue weighted by Gasteiger charge is -2.18. The van der Waals surface area contributed by atoms with E-state index in [4.69, 9.17) is 10.5 Å². The lowest BCUT2D eigenvalue weighted by molar-refractivity contribution is -0.118. The van der Waals surface area contributed by atoms with Gasteiger partial charge in [-0.3, -0.25) is 4.79 Å². The number of hydrogen-bond donors (Lipinski definition) is 3. The van der Waals surface area contributed by atoms with Crippen molar-refractivity contribution in [2.45, 2.75) is 51.5 Å². The topological polar surface area (TPSA) is 111 Å². The smallest absolute Gasteiger partial charge is 0.242 e. The van der Waals surface area contributed by atoms with Crippen molar-refractivity contribution < 1.29 is 17.9 Å². The molecule has 0 aliphatic rings. The SMILES string of the molecule is COc1cc(C)c(S(=O)(=O)NCNC(C)CCC(N)=O)c(C)c1C. The average molecular weight is 357 g/mol. The van der Waals surface area contributed by atoms with Gasteiger partial charge in [0.15, 0.2) is 0 Å². The molecule has 0 heterocycles. The summed E-state index contributed by atoms with van der Waals surface area (Å²) >= 11 is 0. The fourth-order valence-corrected chi connectivity index (χ4v) is 3.95. The van der Waals surface area contributed by atoms with Crippen LogP contribution < -0.4 is 20.5 Å². The Bertz CT molecular complexity index is 702. The Hall–Kier alpha value is -1.64. The fourth-order valence-electron chi connectivity index (χ4n) is 2.49. The second-order valence-corrected chi connectivity index (χ2v) is 7.61. The molecule has 1 aromatic rings. The Balaban J connectivity index is 2.83. The van der Waals surface area contributed by atoms with E-state index in [1.807, 2.05) is 13.8 Å². The molecule has 136 valence electrons. The first kappa shape index (κ1) is 20.4. The van der Waals surface area contributed by atoms with Crippen LogP contribution in [0.5, 0.6) is 5.75 Å². The number of benzene rings is 1. The molecule has 0 aliphatic heterocycles. The number of aryl methyl sites for hydroxylation is 1. The van der Waals surface area contributed by atoms with Crippen LogP contribution in [0.1, 0.15) is 36.5 Å². The van der Waals surface area contributed by atoms with Crippen LogP contribution in [-0.4, -0.2) is 34.1 Å². The normalized spacial score (nSPS) is 12.9. The third kappa shape index (κ3) is 5.19. The number of hydrogen-bond acceptors (Lipinski definition) is 5. The summed E-state index contributed by atoms with van der Waals surface area (Å²) in [7, 11) is -2.10. The van der Waals surface area contributed by atoms with E-state index in [1.54, 1.807) is 27.0 Å². The molecule has 0 spiro atoms. The molecule has 4 N–H and O–H groups in total. The van der Waals surface area contributed by atoms with Crippen LogP contribution in [0.4, 0.5) is 0 Å². The second kappa shape index (κ2) is 8.46. The van der Waals surface area contributed by atoms with Crippen LogP contribution in [0.2, 0.25) is 0 Å². The molecule has 1 atom stereocenters. The minimum absolute atomic E-state index is 0.0278. The summed E-state index contributed by atoms with van der Waals surface area (Å²) in [6.07, 6.45) is 0.813. The largest absolute Gasteiger partial charge is 0.496 e. The summed E-state index contributed by atoms with van der Waals surface area (Å²) in [6, 6.07) is 1.69. The first-order valence-corrected chi connectivity index (χ1v) is 9.24. The van der Waals surface area contributed by atoms with Gasteiger partial charge in [-0.05, 0) is 56.9 Å². The molecule has 1 unspecified atom stereocenters. The third-order valence-electron chi connectivity index (χ3n) is 4.00.